The molecule has 124 valence electrons. The molecule has 0 spiro atoms. The molecule has 4 heterocycles. The van der Waals surface area contributed by atoms with Crippen LogP contribution in [0.1, 0.15) is 29.1 Å². The lowest BCUT2D eigenvalue weighted by molar-refractivity contribution is 0.0922. The lowest BCUT2D eigenvalue weighted by Crippen LogP contribution is -2.45. The van der Waals surface area contributed by atoms with E-state index in [1.807, 2.05) is 11.4 Å². The highest BCUT2D eigenvalue weighted by atomic mass is 32.1. The van der Waals surface area contributed by atoms with Crippen LogP contribution in [-0.2, 0) is 0 Å². The maximum Gasteiger partial charge on any atom is 0.273 e. The Kier molecular flexibility index (Phi) is 3.89. The van der Waals surface area contributed by atoms with Crippen molar-refractivity contribution in [2.75, 3.05) is 18.0 Å². The van der Waals surface area contributed by atoms with Crippen LogP contribution in [0.2, 0.25) is 0 Å². The minimum Gasteiger partial charge on any atom is -0.361 e. The molecule has 1 aliphatic heterocycles. The number of thiophene rings is 1. The summed E-state index contributed by atoms with van der Waals surface area (Å²) in [5.41, 5.74) is 1.33. The molecule has 24 heavy (non-hydrogen) atoms. The van der Waals surface area contributed by atoms with Crippen LogP contribution in [0.5, 0.6) is 0 Å². The third kappa shape index (κ3) is 2.84. The number of fused-ring (bicyclic) bond motifs is 1. The monoisotopic (exact) mass is 343 g/mol. The fourth-order valence-corrected chi connectivity index (χ4v) is 3.83. The van der Waals surface area contributed by atoms with Crippen molar-refractivity contribution in [3.8, 4) is 0 Å². The van der Waals surface area contributed by atoms with Gasteiger partial charge in [0.25, 0.3) is 5.91 Å². The first-order valence-corrected chi connectivity index (χ1v) is 8.76. The first kappa shape index (κ1) is 15.1. The van der Waals surface area contributed by atoms with Crippen LogP contribution in [0.3, 0.4) is 0 Å². The van der Waals surface area contributed by atoms with Crippen LogP contribution in [-0.4, -0.2) is 40.2 Å². The molecule has 8 heteroatoms. The van der Waals surface area contributed by atoms with Gasteiger partial charge in [-0.1, -0.05) is 5.16 Å². The van der Waals surface area contributed by atoms with Crippen molar-refractivity contribution in [1.29, 1.82) is 0 Å². The number of amides is 1. The number of carbonyl (C=O) groups is 1. The summed E-state index contributed by atoms with van der Waals surface area (Å²) in [4.78, 5) is 23.2. The summed E-state index contributed by atoms with van der Waals surface area (Å²) in [6.45, 7) is 3.48. The SMILES string of the molecule is Cc1cc(C(=O)NC2CCN(c3ncnc4ccsc34)CC2)no1. The summed E-state index contributed by atoms with van der Waals surface area (Å²) < 4.78 is 6.07. The van der Waals surface area contributed by atoms with Gasteiger partial charge in [-0.3, -0.25) is 4.79 Å². The highest BCUT2D eigenvalue weighted by Crippen LogP contribution is 2.29. The maximum atomic E-state index is 12.2. The average Bonchev–Trinajstić information content (AvgIpc) is 3.24. The lowest BCUT2D eigenvalue weighted by atomic mass is 10.0. The molecule has 4 rings (SSSR count). The van der Waals surface area contributed by atoms with Crippen LogP contribution in [0.25, 0.3) is 10.2 Å². The number of aromatic nitrogens is 3. The predicted molar refractivity (Wildman–Crippen MR) is 91.4 cm³/mol. The van der Waals surface area contributed by atoms with E-state index in [2.05, 4.69) is 25.3 Å². The summed E-state index contributed by atoms with van der Waals surface area (Å²) >= 11 is 1.66. The first-order chi connectivity index (χ1) is 11.7. The minimum atomic E-state index is -0.173. The molecule has 1 aliphatic rings. The normalized spacial score (nSPS) is 15.8. The summed E-state index contributed by atoms with van der Waals surface area (Å²) in [6.07, 6.45) is 3.37. The summed E-state index contributed by atoms with van der Waals surface area (Å²) in [7, 11) is 0. The summed E-state index contributed by atoms with van der Waals surface area (Å²) in [5, 5.41) is 8.83. The molecule has 3 aromatic heterocycles. The molecule has 0 aliphatic carbocycles. The number of rotatable bonds is 3. The summed E-state index contributed by atoms with van der Waals surface area (Å²) in [6, 6.07) is 3.81. The summed E-state index contributed by atoms with van der Waals surface area (Å²) in [5.74, 6) is 1.46. The van der Waals surface area contributed by atoms with E-state index in [9.17, 15) is 4.79 Å². The van der Waals surface area contributed by atoms with Gasteiger partial charge >= 0.3 is 0 Å². The second-order valence-electron chi connectivity index (χ2n) is 5.89. The second kappa shape index (κ2) is 6.20. The third-order valence-electron chi connectivity index (χ3n) is 4.21. The van der Waals surface area contributed by atoms with Gasteiger partial charge in [-0.05, 0) is 31.2 Å². The van der Waals surface area contributed by atoms with E-state index in [0.717, 1.165) is 42.0 Å². The Morgan fingerprint density at radius 3 is 2.96 bits per heavy atom. The van der Waals surface area contributed by atoms with Crippen molar-refractivity contribution in [3.05, 3.63) is 35.3 Å². The molecule has 3 aromatic rings. The second-order valence-corrected chi connectivity index (χ2v) is 6.81. The van der Waals surface area contributed by atoms with Crippen molar-refractivity contribution in [2.45, 2.75) is 25.8 Å². The Bertz CT molecular complexity index is 866. The zero-order chi connectivity index (χ0) is 16.5. The molecule has 0 aromatic carbocycles. The van der Waals surface area contributed by atoms with Crippen molar-refractivity contribution in [3.63, 3.8) is 0 Å². The number of carbonyl (C=O) groups excluding carboxylic acids is 1. The van der Waals surface area contributed by atoms with Crippen molar-refractivity contribution >= 4 is 33.3 Å². The molecule has 0 atom stereocenters. The van der Waals surface area contributed by atoms with Gasteiger partial charge in [0.05, 0.1) is 10.2 Å². The largest absolute Gasteiger partial charge is 0.361 e. The Balaban J connectivity index is 1.40. The van der Waals surface area contributed by atoms with Crippen molar-refractivity contribution < 1.29 is 9.32 Å². The Hall–Kier alpha value is -2.48. The fraction of sp³-hybridized carbons (Fsp3) is 0.375. The molecule has 7 nitrogen and oxygen atoms in total. The van der Waals surface area contributed by atoms with E-state index >= 15 is 0 Å². The van der Waals surface area contributed by atoms with Gasteiger partial charge in [0.15, 0.2) is 5.69 Å². The van der Waals surface area contributed by atoms with Gasteiger partial charge in [-0.2, -0.15) is 0 Å². The van der Waals surface area contributed by atoms with Crippen LogP contribution >= 0.6 is 11.3 Å². The van der Waals surface area contributed by atoms with Crippen LogP contribution in [0.15, 0.2) is 28.4 Å². The number of hydrogen-bond donors (Lipinski definition) is 1. The molecule has 0 saturated carbocycles. The number of nitrogens with one attached hydrogen (secondary N) is 1. The van der Waals surface area contributed by atoms with E-state index in [-0.39, 0.29) is 11.9 Å². The lowest BCUT2D eigenvalue weighted by Gasteiger charge is -2.33. The number of piperidine rings is 1. The van der Waals surface area contributed by atoms with Crippen LogP contribution < -0.4 is 10.2 Å². The van der Waals surface area contributed by atoms with Crippen molar-refractivity contribution in [2.24, 2.45) is 0 Å². The first-order valence-electron chi connectivity index (χ1n) is 7.88. The number of aryl methyl sites for hydroxylation is 1. The topological polar surface area (TPSA) is 84.2 Å². The van der Waals surface area contributed by atoms with Crippen molar-refractivity contribution in [1.82, 2.24) is 20.4 Å². The van der Waals surface area contributed by atoms with Gasteiger partial charge in [0, 0.05) is 25.2 Å². The molecule has 1 N–H and O–H groups in total. The van der Waals surface area contributed by atoms with Gasteiger partial charge in [0.2, 0.25) is 0 Å². The third-order valence-corrected chi connectivity index (χ3v) is 5.11. The molecular formula is C16H17N5O2S. The fourth-order valence-electron chi connectivity index (χ4n) is 2.97. The molecular weight excluding hydrogens is 326 g/mol. The molecule has 1 fully saturated rings. The van der Waals surface area contributed by atoms with Crippen LogP contribution in [0.4, 0.5) is 5.82 Å². The predicted octanol–water partition coefficient (Wildman–Crippen LogP) is 2.39. The van der Waals surface area contributed by atoms with E-state index in [0.29, 0.717) is 11.5 Å². The van der Waals surface area contributed by atoms with E-state index in [4.69, 9.17) is 4.52 Å². The molecule has 0 unspecified atom stereocenters. The average molecular weight is 343 g/mol. The van der Waals surface area contributed by atoms with Gasteiger partial charge in [-0.25, -0.2) is 9.97 Å². The quantitative estimate of drug-likeness (QED) is 0.786. The molecule has 1 amide bonds. The zero-order valence-corrected chi connectivity index (χ0v) is 14.0. The smallest absolute Gasteiger partial charge is 0.273 e. The molecule has 1 saturated heterocycles. The highest BCUT2D eigenvalue weighted by Gasteiger charge is 2.24. The molecule has 0 radical (unpaired) electrons. The molecule has 0 bridgehead atoms. The Morgan fingerprint density at radius 1 is 1.38 bits per heavy atom. The number of nitrogens with zero attached hydrogens (tertiary/aromatic N) is 4. The standard InChI is InChI=1S/C16H17N5O2S/c1-10-8-13(20-23-10)16(22)19-11-2-5-21(6-3-11)15-14-12(4-7-24-14)17-9-18-15/h4,7-9,11H,2-3,5-6H2,1H3,(H,19,22). The van der Waals surface area contributed by atoms with Gasteiger partial charge in [0.1, 0.15) is 17.9 Å². The zero-order valence-electron chi connectivity index (χ0n) is 13.2. The number of anilines is 1. The van der Waals surface area contributed by atoms with Gasteiger partial charge in [-0.15, -0.1) is 11.3 Å². The highest BCUT2D eigenvalue weighted by molar-refractivity contribution is 7.17. The van der Waals surface area contributed by atoms with Crippen LogP contribution in [0, 0.1) is 6.92 Å². The Morgan fingerprint density at radius 2 is 2.21 bits per heavy atom. The maximum absolute atomic E-state index is 12.2. The minimum absolute atomic E-state index is 0.145. The van der Waals surface area contributed by atoms with E-state index in [1.165, 1.54) is 0 Å². The van der Waals surface area contributed by atoms with E-state index in [1.54, 1.807) is 30.7 Å². The van der Waals surface area contributed by atoms with E-state index < -0.39 is 0 Å². The van der Waals surface area contributed by atoms with Gasteiger partial charge < -0.3 is 14.7 Å². The Labute approximate surface area is 142 Å². The number of hydrogen-bond acceptors (Lipinski definition) is 7.